The summed E-state index contributed by atoms with van der Waals surface area (Å²) in [4.78, 5) is 26.1. The van der Waals surface area contributed by atoms with E-state index in [9.17, 15) is 9.59 Å². The van der Waals surface area contributed by atoms with Gasteiger partial charge in [0.1, 0.15) is 5.76 Å². The minimum atomic E-state index is -0.439. The first-order valence-corrected chi connectivity index (χ1v) is 8.33. The third-order valence-corrected chi connectivity index (χ3v) is 3.70. The second kappa shape index (κ2) is 8.34. The number of hydrogen-bond acceptors (Lipinski definition) is 3. The maximum atomic E-state index is 13.0. The molecule has 0 unspecified atom stereocenters. The quantitative estimate of drug-likeness (QED) is 0.804. The molecule has 0 aliphatic heterocycles. The Morgan fingerprint density at radius 2 is 1.88 bits per heavy atom. The molecule has 0 bridgehead atoms. The van der Waals surface area contributed by atoms with Gasteiger partial charge in [-0.2, -0.15) is 0 Å². The van der Waals surface area contributed by atoms with Crippen LogP contribution in [0.3, 0.4) is 0 Å². The highest BCUT2D eigenvalue weighted by Gasteiger charge is 2.21. The molecule has 0 saturated heterocycles. The maximum absolute atomic E-state index is 13.0. The van der Waals surface area contributed by atoms with Crippen molar-refractivity contribution < 1.29 is 9.21 Å². The SMILES string of the molecule is Cc1cc(=O)oc(C)c1C(=O)N(CC#Cc1ccccc1)CC(C)C. The van der Waals surface area contributed by atoms with Crippen LogP contribution in [0.5, 0.6) is 0 Å². The maximum Gasteiger partial charge on any atom is 0.336 e. The van der Waals surface area contributed by atoms with Crippen LogP contribution in [-0.4, -0.2) is 23.9 Å². The van der Waals surface area contributed by atoms with Crippen molar-refractivity contribution in [3.63, 3.8) is 0 Å². The standard InChI is InChI=1S/C21H23NO3/c1-15(2)14-22(12-8-11-18-9-6-5-7-10-18)21(24)20-16(3)13-19(23)25-17(20)4/h5-7,9-10,13,15H,12,14H2,1-4H3. The molecule has 25 heavy (non-hydrogen) atoms. The molecule has 1 amide bonds. The molecule has 2 aromatic rings. The summed E-state index contributed by atoms with van der Waals surface area (Å²) in [6.45, 7) is 8.40. The van der Waals surface area contributed by atoms with Crippen LogP contribution in [0.25, 0.3) is 0 Å². The zero-order chi connectivity index (χ0) is 18.4. The number of rotatable bonds is 4. The molecular weight excluding hydrogens is 314 g/mol. The van der Waals surface area contributed by atoms with Crippen molar-refractivity contribution in [2.45, 2.75) is 27.7 Å². The molecule has 4 heteroatoms. The fraction of sp³-hybridized carbons (Fsp3) is 0.333. The third-order valence-electron chi connectivity index (χ3n) is 3.70. The van der Waals surface area contributed by atoms with E-state index in [0.29, 0.717) is 35.9 Å². The van der Waals surface area contributed by atoms with Gasteiger partial charge in [0, 0.05) is 18.2 Å². The van der Waals surface area contributed by atoms with Crippen LogP contribution >= 0.6 is 0 Å². The summed E-state index contributed by atoms with van der Waals surface area (Å²) in [6.07, 6.45) is 0. The van der Waals surface area contributed by atoms with E-state index in [1.54, 1.807) is 18.7 Å². The Balaban J connectivity index is 2.27. The van der Waals surface area contributed by atoms with Crippen LogP contribution < -0.4 is 5.63 Å². The number of hydrogen-bond donors (Lipinski definition) is 0. The molecule has 1 aromatic heterocycles. The summed E-state index contributed by atoms with van der Waals surface area (Å²) in [6, 6.07) is 11.0. The lowest BCUT2D eigenvalue weighted by Crippen LogP contribution is -2.35. The normalized spacial score (nSPS) is 10.3. The van der Waals surface area contributed by atoms with Gasteiger partial charge in [-0.05, 0) is 37.5 Å². The first-order chi connectivity index (χ1) is 11.9. The minimum absolute atomic E-state index is 0.158. The van der Waals surface area contributed by atoms with Gasteiger partial charge in [-0.1, -0.05) is 43.9 Å². The number of carbonyl (C=O) groups is 1. The van der Waals surface area contributed by atoms with Gasteiger partial charge in [-0.15, -0.1) is 0 Å². The van der Waals surface area contributed by atoms with Gasteiger partial charge >= 0.3 is 5.63 Å². The average molecular weight is 337 g/mol. The Morgan fingerprint density at radius 1 is 1.20 bits per heavy atom. The zero-order valence-corrected chi connectivity index (χ0v) is 15.1. The summed E-state index contributed by atoms with van der Waals surface area (Å²) in [5.74, 6) is 6.64. The van der Waals surface area contributed by atoms with Crippen molar-refractivity contribution in [3.05, 3.63) is 69.3 Å². The molecule has 1 heterocycles. The fourth-order valence-corrected chi connectivity index (χ4v) is 2.65. The van der Waals surface area contributed by atoms with Gasteiger partial charge < -0.3 is 9.32 Å². The van der Waals surface area contributed by atoms with Crippen molar-refractivity contribution in [1.29, 1.82) is 0 Å². The van der Waals surface area contributed by atoms with Gasteiger partial charge in [-0.25, -0.2) is 4.79 Å². The van der Waals surface area contributed by atoms with E-state index in [-0.39, 0.29) is 5.91 Å². The molecule has 0 atom stereocenters. The molecule has 4 nitrogen and oxygen atoms in total. The van der Waals surface area contributed by atoms with Crippen molar-refractivity contribution in [2.24, 2.45) is 5.92 Å². The molecule has 2 rings (SSSR count). The van der Waals surface area contributed by atoms with E-state index in [2.05, 4.69) is 25.7 Å². The Hall–Kier alpha value is -2.80. The molecule has 130 valence electrons. The van der Waals surface area contributed by atoms with Gasteiger partial charge in [0.2, 0.25) is 0 Å². The van der Waals surface area contributed by atoms with Crippen LogP contribution in [-0.2, 0) is 0 Å². The summed E-state index contributed by atoms with van der Waals surface area (Å²) >= 11 is 0. The molecule has 0 N–H and O–H groups in total. The smallest absolute Gasteiger partial charge is 0.336 e. The monoisotopic (exact) mass is 337 g/mol. The predicted octanol–water partition coefficient (Wildman–Crippen LogP) is 3.41. The first-order valence-electron chi connectivity index (χ1n) is 8.33. The Bertz CT molecular complexity index is 828. The lowest BCUT2D eigenvalue weighted by atomic mass is 10.1. The highest BCUT2D eigenvalue weighted by atomic mass is 16.4. The topological polar surface area (TPSA) is 50.5 Å². The molecule has 1 aromatic carbocycles. The summed E-state index contributed by atoms with van der Waals surface area (Å²) < 4.78 is 5.10. The van der Waals surface area contributed by atoms with E-state index >= 15 is 0 Å². The van der Waals surface area contributed by atoms with E-state index in [4.69, 9.17) is 4.42 Å². The van der Waals surface area contributed by atoms with Crippen molar-refractivity contribution in [2.75, 3.05) is 13.1 Å². The average Bonchev–Trinajstić information content (AvgIpc) is 2.53. The van der Waals surface area contributed by atoms with E-state index in [1.165, 1.54) is 6.07 Å². The van der Waals surface area contributed by atoms with Gasteiger partial charge in [0.25, 0.3) is 5.91 Å². The molecule has 0 saturated carbocycles. The largest absolute Gasteiger partial charge is 0.427 e. The summed E-state index contributed by atoms with van der Waals surface area (Å²) in [5, 5.41) is 0. The number of carbonyl (C=O) groups excluding carboxylic acids is 1. The second-order valence-electron chi connectivity index (χ2n) is 6.43. The van der Waals surface area contributed by atoms with Crippen molar-refractivity contribution in [3.8, 4) is 11.8 Å². The predicted molar refractivity (Wildman–Crippen MR) is 98.5 cm³/mol. The molecule has 0 spiro atoms. The molecule has 0 radical (unpaired) electrons. The minimum Gasteiger partial charge on any atom is -0.427 e. The Kier molecular flexibility index (Phi) is 6.19. The van der Waals surface area contributed by atoms with E-state index in [1.807, 2.05) is 30.3 Å². The third kappa shape index (κ3) is 5.09. The Morgan fingerprint density at radius 3 is 2.48 bits per heavy atom. The zero-order valence-electron chi connectivity index (χ0n) is 15.1. The molecule has 0 fully saturated rings. The first kappa shape index (κ1) is 18.5. The molecular formula is C21H23NO3. The summed E-state index contributed by atoms with van der Waals surface area (Å²) in [7, 11) is 0. The fourth-order valence-electron chi connectivity index (χ4n) is 2.65. The van der Waals surface area contributed by atoms with Gasteiger partial charge in [0.05, 0.1) is 12.1 Å². The lowest BCUT2D eigenvalue weighted by Gasteiger charge is -2.23. The molecule has 0 aliphatic rings. The van der Waals surface area contributed by atoms with Crippen molar-refractivity contribution >= 4 is 5.91 Å². The lowest BCUT2D eigenvalue weighted by molar-refractivity contribution is 0.0754. The van der Waals surface area contributed by atoms with E-state index < -0.39 is 5.63 Å². The van der Waals surface area contributed by atoms with Crippen LogP contribution in [0, 0.1) is 31.6 Å². The highest BCUT2D eigenvalue weighted by molar-refractivity contribution is 5.96. The summed E-state index contributed by atoms with van der Waals surface area (Å²) in [5.41, 5.74) is 1.55. The van der Waals surface area contributed by atoms with Gasteiger partial charge in [0.15, 0.2) is 0 Å². The number of aryl methyl sites for hydroxylation is 2. The van der Waals surface area contributed by atoms with E-state index in [0.717, 1.165) is 5.56 Å². The van der Waals surface area contributed by atoms with Crippen LogP contribution in [0.15, 0.2) is 45.6 Å². The highest BCUT2D eigenvalue weighted by Crippen LogP contribution is 2.15. The van der Waals surface area contributed by atoms with Crippen LogP contribution in [0.4, 0.5) is 0 Å². The van der Waals surface area contributed by atoms with Gasteiger partial charge in [-0.3, -0.25) is 4.79 Å². The van der Waals surface area contributed by atoms with Crippen LogP contribution in [0.2, 0.25) is 0 Å². The van der Waals surface area contributed by atoms with Crippen LogP contribution in [0.1, 0.15) is 41.1 Å². The molecule has 0 aliphatic carbocycles. The number of amides is 1. The second-order valence-corrected chi connectivity index (χ2v) is 6.43. The Labute approximate surface area is 148 Å². The van der Waals surface area contributed by atoms with Crippen molar-refractivity contribution in [1.82, 2.24) is 4.90 Å². The number of nitrogens with zero attached hydrogens (tertiary/aromatic N) is 1. The number of benzene rings is 1.